The molecule has 6 nitrogen and oxygen atoms in total. The molecule has 0 bridgehead atoms. The Morgan fingerprint density at radius 3 is 1.76 bits per heavy atom. The van der Waals surface area contributed by atoms with E-state index in [0.717, 1.165) is 0 Å². The first-order valence-electron chi connectivity index (χ1n) is 4.87. The molecule has 2 rings (SSSR count). The second-order valence-electron chi connectivity index (χ2n) is 3.51. The number of carbonyl (C=O) groups excluding carboxylic acids is 3. The summed E-state index contributed by atoms with van der Waals surface area (Å²) in [5.41, 5.74) is 0.616. The Bertz CT molecular complexity index is 440. The average molecular weight is 238 g/mol. The fraction of sp³-hybridized carbons (Fsp3) is 0.364. The van der Waals surface area contributed by atoms with Crippen molar-refractivity contribution in [3.63, 3.8) is 0 Å². The summed E-state index contributed by atoms with van der Waals surface area (Å²) in [6, 6.07) is 0. The Morgan fingerprint density at radius 2 is 1.41 bits per heavy atom. The molecule has 0 aromatic carbocycles. The molecule has 0 aromatic rings. The molecule has 1 aliphatic carbocycles. The van der Waals surface area contributed by atoms with Crippen molar-refractivity contribution in [3.05, 3.63) is 22.3 Å². The molecule has 0 amide bonds. The minimum absolute atomic E-state index is 0.125. The first kappa shape index (κ1) is 11.5. The molecule has 2 aliphatic rings. The third-order valence-electron chi connectivity index (χ3n) is 2.69. The van der Waals surface area contributed by atoms with Gasteiger partial charge in [0.1, 0.15) is 11.1 Å². The molecule has 1 heterocycles. The number of ketones is 1. The monoisotopic (exact) mass is 238 g/mol. The molecule has 0 saturated carbocycles. The van der Waals surface area contributed by atoms with Gasteiger partial charge in [0.05, 0.1) is 27.4 Å². The normalized spacial score (nSPS) is 18.6. The van der Waals surface area contributed by atoms with Gasteiger partial charge in [0, 0.05) is 11.1 Å². The van der Waals surface area contributed by atoms with Crippen molar-refractivity contribution in [1.29, 1.82) is 0 Å². The molecule has 0 spiro atoms. The van der Waals surface area contributed by atoms with E-state index >= 15 is 0 Å². The lowest BCUT2D eigenvalue weighted by molar-refractivity contribution is -0.138. The Morgan fingerprint density at radius 1 is 1.00 bits per heavy atom. The van der Waals surface area contributed by atoms with Crippen molar-refractivity contribution in [2.75, 3.05) is 27.4 Å². The quantitative estimate of drug-likeness (QED) is 0.478. The van der Waals surface area contributed by atoms with Crippen LogP contribution in [0.3, 0.4) is 0 Å². The van der Waals surface area contributed by atoms with Gasteiger partial charge in [-0.15, -0.1) is 0 Å². The van der Waals surface area contributed by atoms with Gasteiger partial charge in [0.15, 0.2) is 0 Å². The highest BCUT2D eigenvalue weighted by molar-refractivity contribution is 6.36. The van der Waals surface area contributed by atoms with Crippen LogP contribution in [-0.4, -0.2) is 45.2 Å². The Balaban J connectivity index is 2.50. The van der Waals surface area contributed by atoms with Crippen LogP contribution in [0.2, 0.25) is 0 Å². The zero-order valence-corrected chi connectivity index (χ0v) is 9.36. The summed E-state index contributed by atoms with van der Waals surface area (Å²) < 4.78 is 14.2. The maximum absolute atomic E-state index is 11.9. The highest BCUT2D eigenvalue weighted by Gasteiger charge is 2.42. The molecular weight excluding hydrogens is 228 g/mol. The van der Waals surface area contributed by atoms with E-state index in [-0.39, 0.29) is 24.4 Å². The summed E-state index contributed by atoms with van der Waals surface area (Å²) in [6.45, 7) is 0.262. The van der Waals surface area contributed by atoms with Crippen molar-refractivity contribution in [2.24, 2.45) is 0 Å². The standard InChI is InChI=1S/C11H10O6/c1-15-10(13)7-5-3-17-4-6(5)8(9(7)12)11(14)16-2/h3-4H2,1-2H3. The molecule has 1 saturated heterocycles. The van der Waals surface area contributed by atoms with Crippen LogP contribution in [0.4, 0.5) is 0 Å². The molecule has 0 unspecified atom stereocenters. The number of hydrogen-bond acceptors (Lipinski definition) is 6. The van der Waals surface area contributed by atoms with Gasteiger partial charge < -0.3 is 14.2 Å². The average Bonchev–Trinajstić information content (AvgIpc) is 2.86. The van der Waals surface area contributed by atoms with E-state index in [0.29, 0.717) is 11.1 Å². The van der Waals surface area contributed by atoms with E-state index in [1.807, 2.05) is 0 Å². The van der Waals surface area contributed by atoms with Crippen LogP contribution < -0.4 is 0 Å². The summed E-state index contributed by atoms with van der Waals surface area (Å²) >= 11 is 0. The number of Topliss-reactive ketones (excluding diaryl/α,β-unsaturated/α-hetero) is 1. The number of hydrogen-bond donors (Lipinski definition) is 0. The first-order valence-corrected chi connectivity index (χ1v) is 4.87. The van der Waals surface area contributed by atoms with Crippen LogP contribution in [0.15, 0.2) is 22.3 Å². The predicted octanol–water partition coefficient (Wildman–Crippen LogP) is -0.462. The van der Waals surface area contributed by atoms with E-state index in [1.165, 1.54) is 14.2 Å². The molecule has 0 radical (unpaired) electrons. The SMILES string of the molecule is COC(=O)C1=C2COCC2=C(C(=O)OC)C1=O. The van der Waals surface area contributed by atoms with Gasteiger partial charge in [-0.1, -0.05) is 0 Å². The summed E-state index contributed by atoms with van der Waals surface area (Å²) in [7, 11) is 2.35. The van der Waals surface area contributed by atoms with Crippen LogP contribution in [0.25, 0.3) is 0 Å². The molecule has 90 valence electrons. The molecule has 1 aliphatic heterocycles. The molecule has 17 heavy (non-hydrogen) atoms. The fourth-order valence-electron chi connectivity index (χ4n) is 1.91. The lowest BCUT2D eigenvalue weighted by Gasteiger charge is -2.03. The second-order valence-corrected chi connectivity index (χ2v) is 3.51. The second kappa shape index (κ2) is 4.14. The third-order valence-corrected chi connectivity index (χ3v) is 2.69. The summed E-state index contributed by atoms with van der Waals surface area (Å²) in [6.07, 6.45) is 0. The molecular formula is C11H10O6. The van der Waals surface area contributed by atoms with Crippen LogP contribution in [-0.2, 0) is 28.6 Å². The largest absolute Gasteiger partial charge is 0.465 e. The number of esters is 2. The number of methoxy groups -OCH3 is 2. The molecule has 6 heteroatoms. The number of carbonyl (C=O) groups is 3. The highest BCUT2D eigenvalue weighted by Crippen LogP contribution is 2.35. The number of fused-ring (bicyclic) bond motifs is 1. The highest BCUT2D eigenvalue weighted by atomic mass is 16.5. The molecule has 0 atom stereocenters. The third kappa shape index (κ3) is 1.57. The van der Waals surface area contributed by atoms with Crippen LogP contribution in [0.1, 0.15) is 0 Å². The minimum Gasteiger partial charge on any atom is -0.465 e. The van der Waals surface area contributed by atoms with E-state index in [9.17, 15) is 14.4 Å². The summed E-state index contributed by atoms with van der Waals surface area (Å²) in [5.74, 6) is -2.16. The lowest BCUT2D eigenvalue weighted by Crippen LogP contribution is -2.19. The topological polar surface area (TPSA) is 78.9 Å². The van der Waals surface area contributed by atoms with Gasteiger partial charge in [-0.05, 0) is 0 Å². The summed E-state index contributed by atoms with van der Waals surface area (Å²) in [5, 5.41) is 0. The zero-order chi connectivity index (χ0) is 12.6. The van der Waals surface area contributed by atoms with E-state index in [2.05, 4.69) is 9.47 Å². The Kier molecular flexibility index (Phi) is 2.81. The van der Waals surface area contributed by atoms with Crippen molar-refractivity contribution in [3.8, 4) is 0 Å². The van der Waals surface area contributed by atoms with Gasteiger partial charge in [0.25, 0.3) is 0 Å². The van der Waals surface area contributed by atoms with Gasteiger partial charge >= 0.3 is 11.9 Å². The maximum Gasteiger partial charge on any atom is 0.342 e. The smallest absolute Gasteiger partial charge is 0.342 e. The van der Waals surface area contributed by atoms with Crippen LogP contribution in [0, 0.1) is 0 Å². The Labute approximate surface area is 96.8 Å². The number of ether oxygens (including phenoxy) is 3. The lowest BCUT2D eigenvalue weighted by atomic mass is 10.1. The van der Waals surface area contributed by atoms with E-state index in [4.69, 9.17) is 4.74 Å². The number of rotatable bonds is 2. The Hall–Kier alpha value is -1.95. The van der Waals surface area contributed by atoms with Gasteiger partial charge in [-0.3, -0.25) is 4.79 Å². The minimum atomic E-state index is -0.757. The predicted molar refractivity (Wildman–Crippen MR) is 53.9 cm³/mol. The maximum atomic E-state index is 11.9. The first-order chi connectivity index (χ1) is 8.11. The molecule has 0 N–H and O–H groups in total. The fourth-order valence-corrected chi connectivity index (χ4v) is 1.91. The van der Waals surface area contributed by atoms with Gasteiger partial charge in [0.2, 0.25) is 5.78 Å². The zero-order valence-electron chi connectivity index (χ0n) is 9.36. The van der Waals surface area contributed by atoms with Crippen LogP contribution >= 0.6 is 0 Å². The van der Waals surface area contributed by atoms with Gasteiger partial charge in [-0.25, -0.2) is 9.59 Å². The van der Waals surface area contributed by atoms with Crippen molar-refractivity contribution < 1.29 is 28.6 Å². The van der Waals surface area contributed by atoms with Crippen LogP contribution in [0.5, 0.6) is 0 Å². The summed E-state index contributed by atoms with van der Waals surface area (Å²) in [4.78, 5) is 34.9. The van der Waals surface area contributed by atoms with Crippen molar-refractivity contribution in [1.82, 2.24) is 0 Å². The molecule has 1 fully saturated rings. The van der Waals surface area contributed by atoms with Gasteiger partial charge in [-0.2, -0.15) is 0 Å². The van der Waals surface area contributed by atoms with E-state index in [1.54, 1.807) is 0 Å². The van der Waals surface area contributed by atoms with Crippen molar-refractivity contribution in [2.45, 2.75) is 0 Å². The molecule has 0 aromatic heterocycles. The van der Waals surface area contributed by atoms with E-state index < -0.39 is 17.7 Å². The van der Waals surface area contributed by atoms with Crippen molar-refractivity contribution >= 4 is 17.7 Å².